The molecule has 1 aliphatic rings. The molecule has 1 fully saturated rings. The minimum atomic E-state index is -0.205. The second kappa shape index (κ2) is 12.4. The third-order valence-electron chi connectivity index (χ3n) is 5.22. The molecule has 1 N–H and O–H groups in total. The van der Waals surface area contributed by atoms with E-state index in [0.29, 0.717) is 45.5 Å². The number of aliphatic imine (C=N–C) groups is 1. The largest absolute Gasteiger partial charge is 0.493 e. The molecule has 4 rings (SSSR count). The van der Waals surface area contributed by atoms with Crippen molar-refractivity contribution >= 4 is 40.8 Å². The monoisotopic (exact) mass is 523 g/mol. The van der Waals surface area contributed by atoms with Gasteiger partial charge in [-0.1, -0.05) is 41.7 Å². The Morgan fingerprint density at radius 1 is 1.28 bits per heavy atom. The summed E-state index contributed by atoms with van der Waals surface area (Å²) in [4.78, 5) is 21.8. The number of halogens is 1. The molecule has 1 aliphatic carbocycles. The molecule has 7 nitrogen and oxygen atoms in total. The van der Waals surface area contributed by atoms with Gasteiger partial charge in [0.2, 0.25) is 5.90 Å². The first-order chi connectivity index (χ1) is 17.6. The van der Waals surface area contributed by atoms with Crippen LogP contribution in [0.2, 0.25) is 5.02 Å². The number of hydrogen-bond acceptors (Lipinski definition) is 7. The lowest BCUT2D eigenvalue weighted by Crippen LogP contribution is -2.23. The van der Waals surface area contributed by atoms with Crippen molar-refractivity contribution in [1.29, 1.82) is 0 Å². The Hall–Kier alpha value is -3.62. The molecule has 0 atom stereocenters. The number of hydrogen-bond donors (Lipinski definition) is 1. The standard InChI is InChI=1S/C27H26ClN3O4S/c1-3-33-26(29-2)20-7-4-6-19(14-20)25(32)30-13-5-8-22-16-31-27(36-22)35-24-12-11-21(15-23(24)28)34-17-18-9-10-18/h3-8,11-12,14-16,18H,1,9-10,13,17H2,2H3,(H,30,32)/b8-5+,29-26?. The highest BCUT2D eigenvalue weighted by Gasteiger charge is 2.22. The van der Waals surface area contributed by atoms with E-state index in [1.807, 2.05) is 24.3 Å². The summed E-state index contributed by atoms with van der Waals surface area (Å²) < 4.78 is 16.9. The lowest BCUT2D eigenvalue weighted by atomic mass is 10.1. The number of nitrogens with zero attached hydrogens (tertiary/aromatic N) is 2. The number of thiazole rings is 1. The quantitative estimate of drug-likeness (QED) is 0.180. The van der Waals surface area contributed by atoms with Crippen LogP contribution < -0.4 is 14.8 Å². The molecule has 1 amide bonds. The van der Waals surface area contributed by atoms with Crippen molar-refractivity contribution in [1.82, 2.24) is 10.3 Å². The molecule has 1 saturated carbocycles. The fraction of sp³-hybridized carbons (Fsp3) is 0.222. The van der Waals surface area contributed by atoms with Gasteiger partial charge in [0.05, 0.1) is 22.8 Å². The zero-order chi connectivity index (χ0) is 25.3. The summed E-state index contributed by atoms with van der Waals surface area (Å²) >= 11 is 7.72. The normalized spacial score (nSPS) is 13.4. The number of carbonyl (C=O) groups is 1. The first kappa shape index (κ1) is 25.5. The molecule has 1 heterocycles. The van der Waals surface area contributed by atoms with Gasteiger partial charge in [-0.05, 0) is 55.2 Å². The molecule has 0 aliphatic heterocycles. The Balaban J connectivity index is 1.27. The van der Waals surface area contributed by atoms with Gasteiger partial charge in [0.25, 0.3) is 11.1 Å². The summed E-state index contributed by atoms with van der Waals surface area (Å²) in [7, 11) is 1.61. The van der Waals surface area contributed by atoms with Gasteiger partial charge in [-0.25, -0.2) is 4.98 Å². The van der Waals surface area contributed by atoms with Crippen molar-refractivity contribution < 1.29 is 19.0 Å². The number of rotatable bonds is 11. The molecule has 2 aromatic carbocycles. The SMILES string of the molecule is C=COC(=NC)c1cccc(C(=O)NC/C=C/c2cnc(Oc3ccc(OCC4CC4)cc3Cl)s2)c1. The predicted octanol–water partition coefficient (Wildman–Crippen LogP) is 6.36. The zero-order valence-corrected chi connectivity index (χ0v) is 21.3. The van der Waals surface area contributed by atoms with Gasteiger partial charge in [0, 0.05) is 37.0 Å². The molecular weight excluding hydrogens is 498 g/mol. The van der Waals surface area contributed by atoms with Gasteiger partial charge in [-0.2, -0.15) is 0 Å². The topological polar surface area (TPSA) is 82.0 Å². The Labute approximate surface area is 219 Å². The van der Waals surface area contributed by atoms with Crippen LogP contribution in [0.3, 0.4) is 0 Å². The number of ether oxygens (including phenoxy) is 3. The summed E-state index contributed by atoms with van der Waals surface area (Å²) in [6, 6.07) is 12.4. The summed E-state index contributed by atoms with van der Waals surface area (Å²) in [5, 5.41) is 3.80. The molecular formula is C27H26ClN3O4S. The van der Waals surface area contributed by atoms with Crippen LogP contribution in [0.1, 0.15) is 33.6 Å². The average molecular weight is 524 g/mol. The van der Waals surface area contributed by atoms with Crippen LogP contribution in [-0.4, -0.2) is 37.0 Å². The van der Waals surface area contributed by atoms with Crippen LogP contribution in [0.15, 0.2) is 72.6 Å². The summed E-state index contributed by atoms with van der Waals surface area (Å²) in [5.74, 6) is 2.11. The second-order valence-corrected chi connectivity index (χ2v) is 9.42. The van der Waals surface area contributed by atoms with E-state index >= 15 is 0 Å². The first-order valence-corrected chi connectivity index (χ1v) is 12.6. The summed E-state index contributed by atoms with van der Waals surface area (Å²) in [6.45, 7) is 4.61. The van der Waals surface area contributed by atoms with Gasteiger partial charge < -0.3 is 19.5 Å². The van der Waals surface area contributed by atoms with Crippen molar-refractivity contribution in [2.45, 2.75) is 12.8 Å². The maximum atomic E-state index is 12.5. The summed E-state index contributed by atoms with van der Waals surface area (Å²) in [6.07, 6.45) is 9.19. The maximum absolute atomic E-state index is 12.5. The van der Waals surface area contributed by atoms with E-state index < -0.39 is 0 Å². The van der Waals surface area contributed by atoms with Crippen LogP contribution in [0, 0.1) is 5.92 Å². The highest BCUT2D eigenvalue weighted by Crippen LogP contribution is 2.35. The van der Waals surface area contributed by atoms with E-state index in [1.165, 1.54) is 30.4 Å². The summed E-state index contributed by atoms with van der Waals surface area (Å²) in [5.41, 5.74) is 1.20. The van der Waals surface area contributed by atoms with Crippen LogP contribution in [-0.2, 0) is 4.74 Å². The third-order valence-corrected chi connectivity index (χ3v) is 6.35. The van der Waals surface area contributed by atoms with Gasteiger partial charge in [0.15, 0.2) is 0 Å². The Kier molecular flexibility index (Phi) is 8.76. The Morgan fingerprint density at radius 2 is 2.11 bits per heavy atom. The number of nitrogens with one attached hydrogen (secondary N) is 1. The van der Waals surface area contributed by atoms with Crippen molar-refractivity contribution in [3.63, 3.8) is 0 Å². The van der Waals surface area contributed by atoms with E-state index in [9.17, 15) is 4.79 Å². The van der Waals surface area contributed by atoms with Gasteiger partial charge >= 0.3 is 0 Å². The zero-order valence-electron chi connectivity index (χ0n) is 19.8. The number of carbonyl (C=O) groups excluding carboxylic acids is 1. The minimum Gasteiger partial charge on any atom is -0.493 e. The molecule has 0 radical (unpaired) electrons. The maximum Gasteiger partial charge on any atom is 0.279 e. The molecule has 36 heavy (non-hydrogen) atoms. The van der Waals surface area contributed by atoms with Crippen LogP contribution in [0.25, 0.3) is 6.08 Å². The second-order valence-electron chi connectivity index (χ2n) is 7.98. The smallest absolute Gasteiger partial charge is 0.279 e. The highest BCUT2D eigenvalue weighted by molar-refractivity contribution is 7.14. The van der Waals surface area contributed by atoms with Crippen LogP contribution in [0.4, 0.5) is 0 Å². The van der Waals surface area contributed by atoms with Crippen molar-refractivity contribution in [3.05, 3.63) is 88.6 Å². The predicted molar refractivity (Wildman–Crippen MR) is 143 cm³/mol. The number of benzene rings is 2. The molecule has 1 aromatic heterocycles. The van der Waals surface area contributed by atoms with E-state index in [-0.39, 0.29) is 5.91 Å². The van der Waals surface area contributed by atoms with E-state index in [0.717, 1.165) is 17.2 Å². The number of aromatic nitrogens is 1. The first-order valence-electron chi connectivity index (χ1n) is 11.4. The van der Waals surface area contributed by atoms with E-state index in [4.69, 9.17) is 25.8 Å². The van der Waals surface area contributed by atoms with E-state index in [1.54, 1.807) is 43.6 Å². The molecule has 0 unspecified atom stereocenters. The third kappa shape index (κ3) is 7.19. The lowest BCUT2D eigenvalue weighted by molar-refractivity contribution is 0.0958. The minimum absolute atomic E-state index is 0.205. The molecule has 0 spiro atoms. The molecule has 0 saturated heterocycles. The number of amides is 1. The lowest BCUT2D eigenvalue weighted by Gasteiger charge is -2.08. The fourth-order valence-electron chi connectivity index (χ4n) is 3.19. The van der Waals surface area contributed by atoms with Crippen LogP contribution >= 0.6 is 22.9 Å². The molecule has 186 valence electrons. The molecule has 9 heteroatoms. The van der Waals surface area contributed by atoms with Gasteiger partial charge in [-0.15, -0.1) is 0 Å². The van der Waals surface area contributed by atoms with Gasteiger partial charge in [-0.3, -0.25) is 9.79 Å². The average Bonchev–Trinajstić information content (AvgIpc) is 3.62. The van der Waals surface area contributed by atoms with Crippen LogP contribution in [0.5, 0.6) is 16.7 Å². The van der Waals surface area contributed by atoms with Gasteiger partial charge in [0.1, 0.15) is 11.5 Å². The Bertz CT molecular complexity index is 1280. The van der Waals surface area contributed by atoms with E-state index in [2.05, 4.69) is 21.9 Å². The Morgan fingerprint density at radius 3 is 2.86 bits per heavy atom. The molecule has 3 aromatic rings. The van der Waals surface area contributed by atoms with Crippen molar-refractivity contribution in [3.8, 4) is 16.7 Å². The van der Waals surface area contributed by atoms with Crippen molar-refractivity contribution in [2.24, 2.45) is 10.9 Å². The van der Waals surface area contributed by atoms with Crippen molar-refractivity contribution in [2.75, 3.05) is 20.2 Å². The fourth-order valence-corrected chi connectivity index (χ4v) is 4.11. The molecule has 0 bridgehead atoms. The highest BCUT2D eigenvalue weighted by atomic mass is 35.5.